The van der Waals surface area contributed by atoms with Crippen molar-refractivity contribution < 1.29 is 19.1 Å². The molecule has 0 bridgehead atoms. The summed E-state index contributed by atoms with van der Waals surface area (Å²) < 4.78 is 13.7. The van der Waals surface area contributed by atoms with Gasteiger partial charge in [-0.2, -0.15) is 0 Å². The SMILES string of the molecule is Cc1nc(-c2ccccc2)sc1C(=O)C1=C(O)C(=O)N(Cc2cccs2)C1c1ccc(F)cc1. The molecule has 1 amide bonds. The Hall–Kier alpha value is -3.62. The number of Topliss-reactive ketones (excluding diaryl/α,β-unsaturated/α-hetero) is 1. The zero-order chi connectivity index (χ0) is 23.8. The highest BCUT2D eigenvalue weighted by molar-refractivity contribution is 7.17. The zero-order valence-electron chi connectivity index (χ0n) is 18.1. The molecule has 2 aromatic carbocycles. The number of halogens is 1. The van der Waals surface area contributed by atoms with Crippen LogP contribution >= 0.6 is 22.7 Å². The minimum Gasteiger partial charge on any atom is -0.503 e. The normalized spacial score (nSPS) is 15.9. The van der Waals surface area contributed by atoms with Gasteiger partial charge in [0.2, 0.25) is 5.78 Å². The Morgan fingerprint density at radius 1 is 1.09 bits per heavy atom. The number of aliphatic hydroxyl groups is 1. The fraction of sp³-hybridized carbons (Fsp3) is 0.115. The average Bonchev–Trinajstić information content (AvgIpc) is 3.56. The van der Waals surface area contributed by atoms with E-state index < -0.39 is 29.3 Å². The van der Waals surface area contributed by atoms with Gasteiger partial charge >= 0.3 is 0 Å². The Balaban J connectivity index is 1.58. The molecule has 1 unspecified atom stereocenters. The number of aliphatic hydroxyl groups excluding tert-OH is 1. The summed E-state index contributed by atoms with van der Waals surface area (Å²) in [4.78, 5) is 34.2. The molecule has 1 atom stereocenters. The van der Waals surface area contributed by atoms with Gasteiger partial charge in [0.25, 0.3) is 5.91 Å². The van der Waals surface area contributed by atoms with Gasteiger partial charge < -0.3 is 10.0 Å². The molecule has 2 aromatic heterocycles. The summed E-state index contributed by atoms with van der Waals surface area (Å²) in [6, 6.07) is 18.1. The third kappa shape index (κ3) is 3.95. The van der Waals surface area contributed by atoms with Crippen LogP contribution in [0.3, 0.4) is 0 Å². The van der Waals surface area contributed by atoms with Crippen molar-refractivity contribution in [3.63, 3.8) is 0 Å². The Morgan fingerprint density at radius 2 is 1.82 bits per heavy atom. The van der Waals surface area contributed by atoms with Crippen molar-refractivity contribution in [2.24, 2.45) is 0 Å². The standard InChI is InChI=1S/C26H19FN2O3S2/c1-15-24(34-25(28-15)17-6-3-2-4-7-17)22(30)20-21(16-9-11-18(27)12-10-16)29(26(32)23(20)31)14-19-8-5-13-33-19/h2-13,21,31H,14H2,1H3. The van der Waals surface area contributed by atoms with Gasteiger partial charge in [0.1, 0.15) is 10.8 Å². The molecule has 0 spiro atoms. The van der Waals surface area contributed by atoms with Crippen LogP contribution in [0.4, 0.5) is 4.39 Å². The van der Waals surface area contributed by atoms with Gasteiger partial charge in [-0.15, -0.1) is 22.7 Å². The summed E-state index contributed by atoms with van der Waals surface area (Å²) in [6.07, 6.45) is 0. The molecule has 5 rings (SSSR count). The maximum Gasteiger partial charge on any atom is 0.290 e. The number of hydrogen-bond acceptors (Lipinski definition) is 6. The quantitative estimate of drug-likeness (QED) is 0.332. The molecule has 0 saturated heterocycles. The largest absolute Gasteiger partial charge is 0.503 e. The first-order valence-corrected chi connectivity index (χ1v) is 12.2. The Kier molecular flexibility index (Phi) is 5.85. The first kappa shape index (κ1) is 22.2. The highest BCUT2D eigenvalue weighted by Gasteiger charge is 2.44. The van der Waals surface area contributed by atoms with Crippen molar-refractivity contribution >= 4 is 34.4 Å². The van der Waals surface area contributed by atoms with E-state index in [0.29, 0.717) is 21.1 Å². The van der Waals surface area contributed by atoms with Crippen molar-refractivity contribution in [2.75, 3.05) is 0 Å². The summed E-state index contributed by atoms with van der Waals surface area (Å²) >= 11 is 2.70. The van der Waals surface area contributed by atoms with E-state index in [2.05, 4.69) is 4.98 Å². The minimum absolute atomic E-state index is 0.0143. The Bertz CT molecular complexity index is 1390. The molecule has 5 nitrogen and oxygen atoms in total. The molecule has 3 heterocycles. The van der Waals surface area contributed by atoms with E-state index in [-0.39, 0.29) is 12.1 Å². The van der Waals surface area contributed by atoms with Gasteiger partial charge in [0.15, 0.2) is 5.76 Å². The fourth-order valence-corrected chi connectivity index (χ4v) is 5.77. The van der Waals surface area contributed by atoms with Gasteiger partial charge in [0, 0.05) is 10.4 Å². The van der Waals surface area contributed by atoms with Gasteiger partial charge in [-0.3, -0.25) is 9.59 Å². The number of aromatic nitrogens is 1. The van der Waals surface area contributed by atoms with Crippen LogP contribution in [0.5, 0.6) is 0 Å². The maximum absolute atomic E-state index is 13.8. The molecule has 0 radical (unpaired) electrons. The number of carbonyl (C=O) groups excluding carboxylic acids is 2. The lowest BCUT2D eigenvalue weighted by atomic mass is 9.95. The monoisotopic (exact) mass is 490 g/mol. The molecule has 170 valence electrons. The highest BCUT2D eigenvalue weighted by Crippen LogP contribution is 2.42. The number of hydrogen-bond donors (Lipinski definition) is 1. The van der Waals surface area contributed by atoms with Crippen LogP contribution in [0.25, 0.3) is 10.6 Å². The van der Waals surface area contributed by atoms with E-state index in [1.54, 1.807) is 6.92 Å². The van der Waals surface area contributed by atoms with Gasteiger partial charge in [-0.1, -0.05) is 48.5 Å². The Morgan fingerprint density at radius 3 is 2.50 bits per heavy atom. The number of thiazole rings is 1. The molecular formula is C26H19FN2O3S2. The molecule has 1 aliphatic heterocycles. The van der Waals surface area contributed by atoms with E-state index in [9.17, 15) is 19.1 Å². The van der Waals surface area contributed by atoms with Crippen molar-refractivity contribution in [2.45, 2.75) is 19.5 Å². The lowest BCUT2D eigenvalue weighted by molar-refractivity contribution is -0.130. The summed E-state index contributed by atoms with van der Waals surface area (Å²) in [5.74, 6) is -2.09. The van der Waals surface area contributed by atoms with Crippen LogP contribution in [0.1, 0.15) is 31.8 Å². The van der Waals surface area contributed by atoms with E-state index in [4.69, 9.17) is 0 Å². The Labute approximate surface area is 203 Å². The van der Waals surface area contributed by atoms with Crippen molar-refractivity contribution in [3.8, 4) is 10.6 Å². The third-order valence-corrected chi connectivity index (χ3v) is 7.73. The van der Waals surface area contributed by atoms with E-state index in [0.717, 1.165) is 10.4 Å². The second-order valence-corrected chi connectivity index (χ2v) is 9.89. The molecule has 0 aliphatic carbocycles. The number of ketones is 1. The van der Waals surface area contributed by atoms with E-state index >= 15 is 0 Å². The third-order valence-electron chi connectivity index (χ3n) is 5.66. The van der Waals surface area contributed by atoms with Crippen LogP contribution in [-0.4, -0.2) is 26.7 Å². The first-order valence-electron chi connectivity index (χ1n) is 10.5. The molecular weight excluding hydrogens is 471 g/mol. The first-order chi connectivity index (χ1) is 16.4. The maximum atomic E-state index is 13.8. The van der Waals surface area contributed by atoms with Crippen LogP contribution < -0.4 is 0 Å². The van der Waals surface area contributed by atoms with Gasteiger partial charge in [-0.25, -0.2) is 9.37 Å². The van der Waals surface area contributed by atoms with E-state index in [1.807, 2.05) is 47.8 Å². The summed E-state index contributed by atoms with van der Waals surface area (Å²) in [5.41, 5.74) is 1.93. The summed E-state index contributed by atoms with van der Waals surface area (Å²) in [7, 11) is 0. The number of nitrogens with zero attached hydrogens (tertiary/aromatic N) is 2. The topological polar surface area (TPSA) is 70.5 Å². The number of aryl methyl sites for hydroxylation is 1. The van der Waals surface area contributed by atoms with Crippen LogP contribution in [-0.2, 0) is 11.3 Å². The predicted molar refractivity (Wildman–Crippen MR) is 130 cm³/mol. The lowest BCUT2D eigenvalue weighted by Gasteiger charge is -2.26. The fourth-order valence-electron chi connectivity index (χ4n) is 4.04. The van der Waals surface area contributed by atoms with Crippen LogP contribution in [0.2, 0.25) is 0 Å². The molecule has 0 saturated carbocycles. The second kappa shape index (κ2) is 8.96. The molecule has 1 aliphatic rings. The lowest BCUT2D eigenvalue weighted by Crippen LogP contribution is -2.30. The van der Waals surface area contributed by atoms with Crippen molar-refractivity contribution in [1.82, 2.24) is 9.88 Å². The van der Waals surface area contributed by atoms with Crippen molar-refractivity contribution in [1.29, 1.82) is 0 Å². The van der Waals surface area contributed by atoms with Gasteiger partial charge in [-0.05, 0) is 36.1 Å². The molecule has 8 heteroatoms. The number of amides is 1. The van der Waals surface area contributed by atoms with Gasteiger partial charge in [0.05, 0.1) is 28.7 Å². The smallest absolute Gasteiger partial charge is 0.290 e. The molecule has 1 N–H and O–H groups in total. The molecule has 4 aromatic rings. The zero-order valence-corrected chi connectivity index (χ0v) is 19.7. The number of thiophene rings is 1. The van der Waals surface area contributed by atoms with E-state index in [1.165, 1.54) is 51.8 Å². The minimum atomic E-state index is -0.843. The summed E-state index contributed by atoms with van der Waals surface area (Å²) in [5, 5.41) is 13.4. The predicted octanol–water partition coefficient (Wildman–Crippen LogP) is 6.10. The number of benzene rings is 2. The summed E-state index contributed by atoms with van der Waals surface area (Å²) in [6.45, 7) is 1.96. The molecule has 0 fully saturated rings. The number of carbonyl (C=O) groups is 2. The van der Waals surface area contributed by atoms with Crippen LogP contribution in [0, 0.1) is 12.7 Å². The van der Waals surface area contributed by atoms with Crippen molar-refractivity contribution in [3.05, 3.63) is 110 Å². The molecule has 34 heavy (non-hydrogen) atoms. The highest BCUT2D eigenvalue weighted by atomic mass is 32.1. The second-order valence-electron chi connectivity index (χ2n) is 7.86. The number of rotatable bonds is 6. The average molecular weight is 491 g/mol. The van der Waals surface area contributed by atoms with Crippen LogP contribution in [0.15, 0.2) is 83.4 Å².